The molecule has 0 atom stereocenters. The summed E-state index contributed by atoms with van der Waals surface area (Å²) in [6, 6.07) is 3.46. The number of nitrogens with one attached hydrogen (secondary N) is 1. The van der Waals surface area contributed by atoms with Crippen molar-refractivity contribution < 1.29 is 28.2 Å². The molecule has 0 aromatic heterocycles. The molecular formula is C12H15NO6S. The largest absolute Gasteiger partial charge is 0.506 e. The van der Waals surface area contributed by atoms with E-state index in [0.29, 0.717) is 26.1 Å². The molecule has 0 bridgehead atoms. The number of aromatic carboxylic acids is 1. The predicted molar refractivity (Wildman–Crippen MR) is 71.4 cm³/mol. The number of phenolic OH excluding ortho intramolecular Hbond substituents is 1. The summed E-state index contributed by atoms with van der Waals surface area (Å²) in [5.74, 6) is -1.61. The van der Waals surface area contributed by atoms with Gasteiger partial charge >= 0.3 is 5.97 Å². The summed E-state index contributed by atoms with van der Waals surface area (Å²) in [4.78, 5) is 10.7. The van der Waals surface area contributed by atoms with Gasteiger partial charge in [0.2, 0.25) is 10.0 Å². The normalized spacial score (nSPS) is 16.8. The first-order valence-electron chi connectivity index (χ1n) is 6.06. The quantitative estimate of drug-likeness (QED) is 0.715. The summed E-state index contributed by atoms with van der Waals surface area (Å²) < 4.78 is 31.7. The second-order valence-corrected chi connectivity index (χ2v) is 6.46. The summed E-state index contributed by atoms with van der Waals surface area (Å²) in [6.07, 6.45) is 0.784. The van der Waals surface area contributed by atoms with E-state index in [4.69, 9.17) is 9.84 Å². The minimum absolute atomic E-state index is 0.0264. The molecule has 0 radical (unpaired) electrons. The Morgan fingerprint density at radius 2 is 1.95 bits per heavy atom. The SMILES string of the molecule is O=C(O)c1ccc(NS(=O)(=O)C2CCOCC2)c(O)c1. The van der Waals surface area contributed by atoms with Gasteiger partial charge in [0.25, 0.3) is 0 Å². The lowest BCUT2D eigenvalue weighted by Crippen LogP contribution is -2.33. The molecule has 20 heavy (non-hydrogen) atoms. The van der Waals surface area contributed by atoms with Gasteiger partial charge in [0.05, 0.1) is 16.5 Å². The maximum Gasteiger partial charge on any atom is 0.335 e. The highest BCUT2D eigenvalue weighted by atomic mass is 32.2. The number of hydrogen-bond acceptors (Lipinski definition) is 5. The molecule has 0 spiro atoms. The maximum absolute atomic E-state index is 12.1. The van der Waals surface area contributed by atoms with Gasteiger partial charge in [-0.2, -0.15) is 0 Å². The van der Waals surface area contributed by atoms with Crippen molar-refractivity contribution in [3.8, 4) is 5.75 Å². The minimum Gasteiger partial charge on any atom is -0.506 e. The van der Waals surface area contributed by atoms with Crippen LogP contribution in [0, 0.1) is 0 Å². The summed E-state index contributed by atoms with van der Waals surface area (Å²) in [6.45, 7) is 0.769. The van der Waals surface area contributed by atoms with Gasteiger partial charge < -0.3 is 14.9 Å². The summed E-state index contributed by atoms with van der Waals surface area (Å²) in [5, 5.41) is 17.9. The van der Waals surface area contributed by atoms with Crippen molar-refractivity contribution in [1.29, 1.82) is 0 Å². The maximum atomic E-state index is 12.1. The molecule has 1 fully saturated rings. The van der Waals surface area contributed by atoms with Gasteiger partial charge in [-0.25, -0.2) is 13.2 Å². The zero-order valence-electron chi connectivity index (χ0n) is 10.6. The second-order valence-electron chi connectivity index (χ2n) is 4.50. The van der Waals surface area contributed by atoms with E-state index < -0.39 is 27.0 Å². The molecule has 110 valence electrons. The number of sulfonamides is 1. The number of phenols is 1. The Hall–Kier alpha value is -1.80. The summed E-state index contributed by atoms with van der Waals surface area (Å²) in [7, 11) is -3.63. The lowest BCUT2D eigenvalue weighted by molar-refractivity contribution is 0.0696. The third-order valence-corrected chi connectivity index (χ3v) is 4.96. The number of hydrogen-bond donors (Lipinski definition) is 3. The van der Waals surface area contributed by atoms with Gasteiger partial charge in [-0.05, 0) is 31.0 Å². The fraction of sp³-hybridized carbons (Fsp3) is 0.417. The number of benzene rings is 1. The molecule has 1 aliphatic rings. The molecule has 0 saturated carbocycles. The molecule has 8 heteroatoms. The zero-order chi connectivity index (χ0) is 14.8. The molecule has 1 saturated heterocycles. The van der Waals surface area contributed by atoms with Gasteiger partial charge in [-0.15, -0.1) is 0 Å². The van der Waals surface area contributed by atoms with Crippen LogP contribution in [-0.4, -0.2) is 43.1 Å². The van der Waals surface area contributed by atoms with Gasteiger partial charge in [0, 0.05) is 13.2 Å². The Morgan fingerprint density at radius 1 is 1.30 bits per heavy atom. The molecule has 1 heterocycles. The van der Waals surface area contributed by atoms with Crippen molar-refractivity contribution >= 4 is 21.7 Å². The van der Waals surface area contributed by atoms with Crippen LogP contribution in [0.5, 0.6) is 5.75 Å². The average Bonchev–Trinajstić information content (AvgIpc) is 2.41. The van der Waals surface area contributed by atoms with E-state index in [9.17, 15) is 18.3 Å². The number of anilines is 1. The van der Waals surface area contributed by atoms with Crippen LogP contribution in [0.3, 0.4) is 0 Å². The van der Waals surface area contributed by atoms with Crippen LogP contribution < -0.4 is 4.72 Å². The van der Waals surface area contributed by atoms with Gasteiger partial charge in [0.1, 0.15) is 5.75 Å². The number of aromatic hydroxyl groups is 1. The average molecular weight is 301 g/mol. The highest BCUT2D eigenvalue weighted by Gasteiger charge is 2.28. The Labute approximate surface area is 116 Å². The van der Waals surface area contributed by atoms with E-state index in [2.05, 4.69) is 4.72 Å². The van der Waals surface area contributed by atoms with Crippen LogP contribution >= 0.6 is 0 Å². The monoisotopic (exact) mass is 301 g/mol. The fourth-order valence-corrected chi connectivity index (χ4v) is 3.43. The first-order chi connectivity index (χ1) is 9.40. The second kappa shape index (κ2) is 5.68. The zero-order valence-corrected chi connectivity index (χ0v) is 11.4. The number of carbonyl (C=O) groups is 1. The third kappa shape index (κ3) is 3.20. The first kappa shape index (κ1) is 14.6. The molecule has 7 nitrogen and oxygen atoms in total. The van der Waals surface area contributed by atoms with Crippen molar-refractivity contribution in [2.45, 2.75) is 18.1 Å². The van der Waals surface area contributed by atoms with E-state index >= 15 is 0 Å². The Balaban J connectivity index is 2.18. The van der Waals surface area contributed by atoms with Crippen molar-refractivity contribution in [2.75, 3.05) is 17.9 Å². The predicted octanol–water partition coefficient (Wildman–Crippen LogP) is 1.01. The number of ether oxygens (including phenoxy) is 1. The molecule has 3 N–H and O–H groups in total. The van der Waals surface area contributed by atoms with Crippen LogP contribution in [0.2, 0.25) is 0 Å². The molecule has 1 aromatic carbocycles. The molecule has 1 aromatic rings. The standard InChI is InChI=1S/C12H15NO6S/c14-11-7-8(12(15)16)1-2-10(11)13-20(17,18)9-3-5-19-6-4-9/h1-2,7,9,13-14H,3-6H2,(H,15,16). The number of carboxylic acids is 1. The van der Waals surface area contributed by atoms with Crippen LogP contribution in [-0.2, 0) is 14.8 Å². The molecular weight excluding hydrogens is 286 g/mol. The Morgan fingerprint density at radius 3 is 2.50 bits per heavy atom. The Bertz CT molecular complexity index is 606. The van der Waals surface area contributed by atoms with Crippen molar-refractivity contribution in [3.63, 3.8) is 0 Å². The third-order valence-electron chi connectivity index (χ3n) is 3.10. The van der Waals surface area contributed by atoms with Gasteiger partial charge in [-0.1, -0.05) is 0 Å². The number of carboxylic acid groups (broad SMARTS) is 1. The van der Waals surface area contributed by atoms with E-state index in [1.165, 1.54) is 12.1 Å². The van der Waals surface area contributed by atoms with Crippen LogP contribution in [0.1, 0.15) is 23.2 Å². The van der Waals surface area contributed by atoms with Crippen molar-refractivity contribution in [3.05, 3.63) is 23.8 Å². The van der Waals surface area contributed by atoms with Gasteiger partial charge in [-0.3, -0.25) is 4.72 Å². The van der Waals surface area contributed by atoms with E-state index in [1.54, 1.807) is 0 Å². The minimum atomic E-state index is -3.63. The van der Waals surface area contributed by atoms with Crippen LogP contribution in [0.25, 0.3) is 0 Å². The van der Waals surface area contributed by atoms with E-state index in [-0.39, 0.29) is 11.3 Å². The highest BCUT2D eigenvalue weighted by molar-refractivity contribution is 7.93. The highest BCUT2D eigenvalue weighted by Crippen LogP contribution is 2.27. The van der Waals surface area contributed by atoms with Crippen LogP contribution in [0.15, 0.2) is 18.2 Å². The molecule has 0 unspecified atom stereocenters. The lowest BCUT2D eigenvalue weighted by atomic mass is 10.2. The molecule has 0 amide bonds. The van der Waals surface area contributed by atoms with Crippen LogP contribution in [0.4, 0.5) is 5.69 Å². The summed E-state index contributed by atoms with van der Waals surface area (Å²) >= 11 is 0. The molecule has 0 aliphatic carbocycles. The first-order valence-corrected chi connectivity index (χ1v) is 7.60. The molecule has 1 aliphatic heterocycles. The Kier molecular flexibility index (Phi) is 4.15. The topological polar surface area (TPSA) is 113 Å². The van der Waals surface area contributed by atoms with Gasteiger partial charge in [0.15, 0.2) is 0 Å². The number of rotatable bonds is 4. The lowest BCUT2D eigenvalue weighted by Gasteiger charge is -2.23. The smallest absolute Gasteiger partial charge is 0.335 e. The van der Waals surface area contributed by atoms with Crippen molar-refractivity contribution in [1.82, 2.24) is 0 Å². The van der Waals surface area contributed by atoms with E-state index in [0.717, 1.165) is 6.07 Å². The van der Waals surface area contributed by atoms with E-state index in [1.807, 2.05) is 0 Å². The summed E-state index contributed by atoms with van der Waals surface area (Å²) in [5.41, 5.74) is -0.141. The van der Waals surface area contributed by atoms with Crippen molar-refractivity contribution in [2.24, 2.45) is 0 Å². The fourth-order valence-electron chi connectivity index (χ4n) is 1.97. The molecule has 2 rings (SSSR count).